The normalized spacial score (nSPS) is 13.5. The number of carbonyl (C=O) groups is 1. The summed E-state index contributed by atoms with van der Waals surface area (Å²) in [6, 6.07) is 6.60. The largest absolute Gasteiger partial charge is 0.409 e. The second-order valence-electron chi connectivity index (χ2n) is 6.50. The fourth-order valence-electron chi connectivity index (χ4n) is 2.65. The van der Waals surface area contributed by atoms with Gasteiger partial charge in [0.2, 0.25) is 5.82 Å². The van der Waals surface area contributed by atoms with Crippen LogP contribution >= 0.6 is 0 Å². The van der Waals surface area contributed by atoms with Gasteiger partial charge in [-0.25, -0.2) is 9.48 Å². The SMILES string of the molecule is Cn1nc(C(=O)NC(C(F)(F)F)C(C)(C)Cc2ccccc2)[nH]c1=O. The third kappa shape index (κ3) is 4.49. The van der Waals surface area contributed by atoms with Crippen LogP contribution in [-0.4, -0.2) is 32.9 Å². The third-order valence-corrected chi connectivity index (χ3v) is 3.87. The Morgan fingerprint density at radius 1 is 1.28 bits per heavy atom. The second kappa shape index (κ2) is 6.73. The number of hydrogen-bond acceptors (Lipinski definition) is 3. The molecule has 1 atom stereocenters. The molecule has 0 saturated carbocycles. The van der Waals surface area contributed by atoms with E-state index in [9.17, 15) is 22.8 Å². The molecule has 0 saturated heterocycles. The van der Waals surface area contributed by atoms with E-state index in [1.165, 1.54) is 20.9 Å². The van der Waals surface area contributed by atoms with Crippen molar-refractivity contribution in [3.05, 3.63) is 52.2 Å². The zero-order chi connectivity index (χ0) is 18.8. The van der Waals surface area contributed by atoms with Crippen LogP contribution in [0.1, 0.15) is 30.0 Å². The Hall–Kier alpha value is -2.58. The first-order chi connectivity index (χ1) is 11.5. The van der Waals surface area contributed by atoms with Crippen LogP contribution in [-0.2, 0) is 13.5 Å². The van der Waals surface area contributed by atoms with Crippen molar-refractivity contribution in [1.29, 1.82) is 0 Å². The average Bonchev–Trinajstić information content (AvgIpc) is 2.83. The molecule has 1 heterocycles. The molecule has 0 aliphatic carbocycles. The van der Waals surface area contributed by atoms with Crippen molar-refractivity contribution in [3.8, 4) is 0 Å². The summed E-state index contributed by atoms with van der Waals surface area (Å²) >= 11 is 0. The number of amides is 1. The molecule has 2 N–H and O–H groups in total. The lowest BCUT2D eigenvalue weighted by Crippen LogP contribution is -2.55. The van der Waals surface area contributed by atoms with Gasteiger partial charge in [0, 0.05) is 7.05 Å². The number of H-pyrrole nitrogens is 1. The van der Waals surface area contributed by atoms with Crippen LogP contribution in [0.5, 0.6) is 0 Å². The van der Waals surface area contributed by atoms with Crippen molar-refractivity contribution in [3.63, 3.8) is 0 Å². The minimum absolute atomic E-state index is 0.108. The first kappa shape index (κ1) is 18.8. The monoisotopic (exact) mass is 356 g/mol. The predicted molar refractivity (Wildman–Crippen MR) is 85.1 cm³/mol. The minimum atomic E-state index is -4.66. The zero-order valence-corrected chi connectivity index (χ0v) is 14.0. The summed E-state index contributed by atoms with van der Waals surface area (Å²) in [7, 11) is 1.29. The Morgan fingerprint density at radius 3 is 2.36 bits per heavy atom. The fraction of sp³-hybridized carbons (Fsp3) is 0.438. The van der Waals surface area contributed by atoms with Crippen molar-refractivity contribution < 1.29 is 18.0 Å². The molecule has 0 bridgehead atoms. The molecule has 25 heavy (non-hydrogen) atoms. The molecule has 0 fully saturated rings. The predicted octanol–water partition coefficient (Wildman–Crippen LogP) is 2.04. The molecule has 136 valence electrons. The molecule has 6 nitrogen and oxygen atoms in total. The van der Waals surface area contributed by atoms with Gasteiger partial charge in [-0.1, -0.05) is 44.2 Å². The number of benzene rings is 1. The van der Waals surface area contributed by atoms with Crippen LogP contribution in [0.2, 0.25) is 0 Å². The van der Waals surface area contributed by atoms with E-state index in [0.29, 0.717) is 0 Å². The Balaban J connectivity index is 2.26. The topological polar surface area (TPSA) is 79.8 Å². The number of aromatic nitrogens is 3. The van der Waals surface area contributed by atoms with Crippen LogP contribution < -0.4 is 11.0 Å². The molecular weight excluding hydrogens is 337 g/mol. The van der Waals surface area contributed by atoms with E-state index in [1.807, 2.05) is 5.32 Å². The van der Waals surface area contributed by atoms with Gasteiger partial charge in [0.15, 0.2) is 0 Å². The molecular formula is C16H19F3N4O2. The molecule has 0 radical (unpaired) electrons. The van der Waals surface area contributed by atoms with E-state index >= 15 is 0 Å². The Kier molecular flexibility index (Phi) is 5.05. The van der Waals surface area contributed by atoms with Gasteiger partial charge in [0.05, 0.1) is 0 Å². The third-order valence-electron chi connectivity index (χ3n) is 3.87. The maximum atomic E-state index is 13.6. The number of nitrogens with zero attached hydrogens (tertiary/aromatic N) is 2. The van der Waals surface area contributed by atoms with Crippen molar-refractivity contribution >= 4 is 5.91 Å². The first-order valence-corrected chi connectivity index (χ1v) is 7.55. The number of alkyl halides is 3. The van der Waals surface area contributed by atoms with Crippen molar-refractivity contribution in [1.82, 2.24) is 20.1 Å². The maximum absolute atomic E-state index is 13.6. The highest BCUT2D eigenvalue weighted by atomic mass is 19.4. The van der Waals surface area contributed by atoms with Gasteiger partial charge < -0.3 is 5.32 Å². The van der Waals surface area contributed by atoms with Crippen LogP contribution in [0, 0.1) is 5.41 Å². The summed E-state index contributed by atoms with van der Waals surface area (Å²) in [4.78, 5) is 25.5. The minimum Gasteiger partial charge on any atom is -0.337 e. The van der Waals surface area contributed by atoms with Gasteiger partial charge in [-0.15, -0.1) is 5.10 Å². The summed E-state index contributed by atoms with van der Waals surface area (Å²) in [5.41, 5.74) is -1.27. The highest BCUT2D eigenvalue weighted by Crippen LogP contribution is 2.36. The van der Waals surface area contributed by atoms with Gasteiger partial charge in [-0.3, -0.25) is 9.78 Å². The summed E-state index contributed by atoms with van der Waals surface area (Å²) in [6.07, 6.45) is -4.56. The van der Waals surface area contributed by atoms with Crippen LogP contribution in [0.15, 0.2) is 35.1 Å². The fourth-order valence-corrected chi connectivity index (χ4v) is 2.65. The number of nitrogens with one attached hydrogen (secondary N) is 2. The highest BCUT2D eigenvalue weighted by Gasteiger charge is 2.50. The van der Waals surface area contributed by atoms with Gasteiger partial charge in [-0.2, -0.15) is 13.2 Å². The number of aryl methyl sites for hydroxylation is 1. The summed E-state index contributed by atoms with van der Waals surface area (Å²) < 4.78 is 41.5. The van der Waals surface area contributed by atoms with E-state index in [-0.39, 0.29) is 6.42 Å². The molecule has 2 aromatic rings. The molecule has 0 aliphatic rings. The van der Waals surface area contributed by atoms with E-state index < -0.39 is 35.1 Å². The average molecular weight is 356 g/mol. The van der Waals surface area contributed by atoms with Gasteiger partial charge in [0.1, 0.15) is 6.04 Å². The van der Waals surface area contributed by atoms with Crippen molar-refractivity contribution in [2.45, 2.75) is 32.5 Å². The summed E-state index contributed by atoms with van der Waals surface area (Å²) in [5, 5.41) is 5.54. The highest BCUT2D eigenvalue weighted by molar-refractivity contribution is 5.90. The molecule has 1 amide bonds. The number of carbonyl (C=O) groups excluding carboxylic acids is 1. The molecule has 9 heteroatoms. The smallest absolute Gasteiger partial charge is 0.337 e. The molecule has 1 aromatic carbocycles. The molecule has 0 aliphatic heterocycles. The Bertz CT molecular complexity index is 794. The zero-order valence-electron chi connectivity index (χ0n) is 14.0. The van der Waals surface area contributed by atoms with E-state index in [0.717, 1.165) is 10.2 Å². The molecule has 2 rings (SSSR count). The van der Waals surface area contributed by atoms with Crippen LogP contribution in [0.3, 0.4) is 0 Å². The van der Waals surface area contributed by atoms with Crippen LogP contribution in [0.25, 0.3) is 0 Å². The Labute approximate surface area is 142 Å². The van der Waals surface area contributed by atoms with E-state index in [1.54, 1.807) is 30.3 Å². The second-order valence-corrected chi connectivity index (χ2v) is 6.50. The lowest BCUT2D eigenvalue weighted by atomic mass is 9.78. The Morgan fingerprint density at radius 2 is 1.88 bits per heavy atom. The number of aromatic amines is 1. The summed E-state index contributed by atoms with van der Waals surface area (Å²) in [6.45, 7) is 2.86. The number of rotatable bonds is 5. The van der Waals surface area contributed by atoms with E-state index in [4.69, 9.17) is 0 Å². The van der Waals surface area contributed by atoms with Crippen molar-refractivity contribution in [2.75, 3.05) is 0 Å². The lowest BCUT2D eigenvalue weighted by molar-refractivity contribution is -0.176. The molecule has 1 aromatic heterocycles. The lowest BCUT2D eigenvalue weighted by Gasteiger charge is -2.36. The summed E-state index contributed by atoms with van der Waals surface area (Å²) in [5.74, 6) is -1.54. The molecule has 1 unspecified atom stereocenters. The maximum Gasteiger partial charge on any atom is 0.409 e. The standard InChI is InChI=1S/C16H19F3N4O2/c1-15(2,9-10-7-5-4-6-8-10)13(16(17,18)19)21-12(24)11-20-14(25)23(3)22-11/h4-8,13H,9H2,1-3H3,(H,21,24)(H,20,22,25). The van der Waals surface area contributed by atoms with Crippen molar-refractivity contribution in [2.24, 2.45) is 12.5 Å². The van der Waals surface area contributed by atoms with E-state index in [2.05, 4.69) is 10.1 Å². The van der Waals surface area contributed by atoms with Gasteiger partial charge >= 0.3 is 11.9 Å². The molecule has 0 spiro atoms. The first-order valence-electron chi connectivity index (χ1n) is 7.55. The van der Waals surface area contributed by atoms with Gasteiger partial charge in [-0.05, 0) is 17.4 Å². The number of halogens is 3. The van der Waals surface area contributed by atoms with Gasteiger partial charge in [0.25, 0.3) is 5.91 Å². The van der Waals surface area contributed by atoms with Crippen LogP contribution in [0.4, 0.5) is 13.2 Å². The number of hydrogen-bond donors (Lipinski definition) is 2. The quantitative estimate of drug-likeness (QED) is 0.860.